The summed E-state index contributed by atoms with van der Waals surface area (Å²) in [5.41, 5.74) is 0. The van der Waals surface area contributed by atoms with Crippen molar-refractivity contribution in [3.63, 3.8) is 0 Å². The molecule has 2 saturated heterocycles. The number of alkyl halides is 1. The van der Waals surface area contributed by atoms with Crippen LogP contribution in [0, 0.1) is 0 Å². The molecule has 0 aromatic heterocycles. The summed E-state index contributed by atoms with van der Waals surface area (Å²) in [5, 5.41) is 9.35. The van der Waals surface area contributed by atoms with Gasteiger partial charge in [-0.25, -0.2) is 4.39 Å². The van der Waals surface area contributed by atoms with Gasteiger partial charge in [-0.3, -0.25) is 4.90 Å². The van der Waals surface area contributed by atoms with E-state index in [2.05, 4.69) is 0 Å². The highest BCUT2D eigenvalue weighted by atomic mass is 19.1. The van der Waals surface area contributed by atoms with Gasteiger partial charge in [0.25, 0.3) is 0 Å². The van der Waals surface area contributed by atoms with E-state index in [4.69, 9.17) is 4.74 Å². The van der Waals surface area contributed by atoms with E-state index in [1.54, 1.807) is 0 Å². The molecule has 0 unspecified atom stereocenters. The topological polar surface area (TPSA) is 32.7 Å². The second-order valence-corrected chi connectivity index (χ2v) is 3.31. The van der Waals surface area contributed by atoms with Gasteiger partial charge in [0.2, 0.25) is 0 Å². The van der Waals surface area contributed by atoms with Crippen molar-refractivity contribution >= 4 is 0 Å². The molecule has 2 aliphatic rings. The van der Waals surface area contributed by atoms with Gasteiger partial charge in [0.05, 0.1) is 18.8 Å². The minimum atomic E-state index is -0.929. The Labute approximate surface area is 64.8 Å². The molecule has 0 bridgehead atoms. The average molecular weight is 161 g/mol. The van der Waals surface area contributed by atoms with Gasteiger partial charge in [-0.1, -0.05) is 0 Å². The van der Waals surface area contributed by atoms with Gasteiger partial charge in [-0.2, -0.15) is 0 Å². The molecule has 11 heavy (non-hydrogen) atoms. The van der Waals surface area contributed by atoms with Crippen LogP contribution in [0.25, 0.3) is 0 Å². The molecule has 0 amide bonds. The largest absolute Gasteiger partial charge is 0.389 e. The van der Waals surface area contributed by atoms with Crippen molar-refractivity contribution in [1.82, 2.24) is 4.90 Å². The Morgan fingerprint density at radius 2 is 2.36 bits per heavy atom. The second kappa shape index (κ2) is 2.40. The minimum Gasteiger partial charge on any atom is -0.389 e. The van der Waals surface area contributed by atoms with Crippen LogP contribution in [0.15, 0.2) is 0 Å². The molecule has 2 rings (SSSR count). The van der Waals surface area contributed by atoms with Crippen molar-refractivity contribution < 1.29 is 14.2 Å². The molecule has 4 atom stereocenters. The highest BCUT2D eigenvalue weighted by Gasteiger charge is 2.49. The summed E-state index contributed by atoms with van der Waals surface area (Å²) in [4.78, 5) is 1.83. The Hall–Kier alpha value is -0.190. The van der Waals surface area contributed by atoms with E-state index in [-0.39, 0.29) is 12.6 Å². The number of likely N-dealkylation sites (N-methyl/N-ethyl adjacent to an activating group) is 1. The molecule has 3 nitrogen and oxygen atoms in total. The molecule has 0 aliphatic carbocycles. The summed E-state index contributed by atoms with van der Waals surface area (Å²) < 4.78 is 18.1. The van der Waals surface area contributed by atoms with Gasteiger partial charge in [0.15, 0.2) is 0 Å². The molecule has 0 aromatic rings. The third-order valence-electron chi connectivity index (χ3n) is 2.52. The normalized spacial score (nSPS) is 51.5. The van der Waals surface area contributed by atoms with E-state index in [0.717, 1.165) is 0 Å². The summed E-state index contributed by atoms with van der Waals surface area (Å²) in [6.45, 7) is 0.659. The molecule has 0 saturated carbocycles. The number of fused-ring (bicyclic) bond motifs is 1. The zero-order valence-corrected chi connectivity index (χ0v) is 6.40. The van der Waals surface area contributed by atoms with E-state index in [1.807, 2.05) is 11.9 Å². The van der Waals surface area contributed by atoms with Gasteiger partial charge in [-0.05, 0) is 7.05 Å². The summed E-state index contributed by atoms with van der Waals surface area (Å²) >= 11 is 0. The molecule has 64 valence electrons. The van der Waals surface area contributed by atoms with Crippen molar-refractivity contribution in [1.29, 1.82) is 0 Å². The average Bonchev–Trinajstić information content (AvgIpc) is 2.41. The Morgan fingerprint density at radius 3 is 3.00 bits per heavy atom. The van der Waals surface area contributed by atoms with Gasteiger partial charge in [0, 0.05) is 6.54 Å². The molecule has 0 aromatic carbocycles. The molecule has 0 radical (unpaired) electrons. The first kappa shape index (κ1) is 7.46. The molecule has 0 spiro atoms. The number of hydrogen-bond acceptors (Lipinski definition) is 3. The highest BCUT2D eigenvalue weighted by Crippen LogP contribution is 2.29. The third kappa shape index (κ3) is 0.972. The van der Waals surface area contributed by atoms with Gasteiger partial charge < -0.3 is 9.84 Å². The van der Waals surface area contributed by atoms with E-state index < -0.39 is 18.4 Å². The smallest absolute Gasteiger partial charge is 0.140 e. The van der Waals surface area contributed by atoms with Crippen molar-refractivity contribution in [2.45, 2.75) is 24.4 Å². The van der Waals surface area contributed by atoms with Crippen LogP contribution in [0.4, 0.5) is 4.39 Å². The highest BCUT2D eigenvalue weighted by molar-refractivity contribution is 5.00. The number of ether oxygens (including phenoxy) is 1. The first-order valence-electron chi connectivity index (χ1n) is 3.84. The SMILES string of the molecule is CN1C[C@H](F)[C@H]2OC[C@H](O)[C@H]21. The number of aliphatic hydroxyl groups is 1. The Kier molecular flexibility index (Phi) is 1.63. The predicted octanol–water partition coefficient (Wildman–Crippen LogP) is -0.602. The van der Waals surface area contributed by atoms with Gasteiger partial charge >= 0.3 is 0 Å². The lowest BCUT2D eigenvalue weighted by Gasteiger charge is -2.18. The zero-order valence-electron chi connectivity index (χ0n) is 6.40. The summed E-state index contributed by atoms with van der Waals surface area (Å²) in [7, 11) is 1.81. The molecular formula is C7H12FNO2. The number of rotatable bonds is 0. The van der Waals surface area contributed by atoms with Gasteiger partial charge in [0.1, 0.15) is 12.3 Å². The number of halogens is 1. The Bertz CT molecular complexity index is 167. The number of aliphatic hydroxyl groups excluding tert-OH is 1. The van der Waals surface area contributed by atoms with Crippen molar-refractivity contribution in [2.24, 2.45) is 0 Å². The third-order valence-corrected chi connectivity index (χ3v) is 2.52. The van der Waals surface area contributed by atoms with Crippen LogP contribution in [0.5, 0.6) is 0 Å². The maximum atomic E-state index is 13.0. The fourth-order valence-electron chi connectivity index (χ4n) is 1.99. The predicted molar refractivity (Wildman–Crippen MR) is 37.1 cm³/mol. The number of likely N-dealkylation sites (tertiary alicyclic amines) is 1. The maximum absolute atomic E-state index is 13.0. The van der Waals surface area contributed by atoms with Crippen molar-refractivity contribution in [3.05, 3.63) is 0 Å². The van der Waals surface area contributed by atoms with E-state index >= 15 is 0 Å². The standard InChI is InChI=1S/C7H12FNO2/c1-9-2-4(8)7-6(9)5(10)3-11-7/h4-7,10H,2-3H2,1H3/t4-,5-,6+,7+/m0/s1. The lowest BCUT2D eigenvalue weighted by atomic mass is 10.1. The molecule has 2 heterocycles. The first-order chi connectivity index (χ1) is 5.20. The molecular weight excluding hydrogens is 149 g/mol. The van der Waals surface area contributed by atoms with E-state index in [1.165, 1.54) is 0 Å². The lowest BCUT2D eigenvalue weighted by molar-refractivity contribution is 0.0486. The van der Waals surface area contributed by atoms with Crippen molar-refractivity contribution in [3.8, 4) is 0 Å². The summed E-state index contributed by atoms with van der Waals surface area (Å²) in [6.07, 6.45) is -1.83. The molecule has 2 aliphatic heterocycles. The fourth-order valence-corrected chi connectivity index (χ4v) is 1.99. The van der Waals surface area contributed by atoms with Crippen LogP contribution in [0.2, 0.25) is 0 Å². The van der Waals surface area contributed by atoms with Gasteiger partial charge in [-0.15, -0.1) is 0 Å². The fraction of sp³-hybridized carbons (Fsp3) is 1.00. The zero-order chi connectivity index (χ0) is 8.01. The number of hydrogen-bond donors (Lipinski definition) is 1. The monoisotopic (exact) mass is 161 g/mol. The maximum Gasteiger partial charge on any atom is 0.140 e. The van der Waals surface area contributed by atoms with Crippen LogP contribution in [-0.2, 0) is 4.74 Å². The number of nitrogens with zero attached hydrogens (tertiary/aromatic N) is 1. The molecule has 1 N–H and O–H groups in total. The summed E-state index contributed by atoms with van der Waals surface area (Å²) in [6, 6.07) is -0.120. The van der Waals surface area contributed by atoms with E-state index in [0.29, 0.717) is 6.54 Å². The summed E-state index contributed by atoms with van der Waals surface area (Å²) in [5.74, 6) is 0. The minimum absolute atomic E-state index is 0.120. The van der Waals surface area contributed by atoms with Crippen molar-refractivity contribution in [2.75, 3.05) is 20.2 Å². The molecule has 2 fully saturated rings. The van der Waals surface area contributed by atoms with Crippen LogP contribution >= 0.6 is 0 Å². The van der Waals surface area contributed by atoms with Crippen LogP contribution in [-0.4, -0.2) is 54.6 Å². The Balaban J connectivity index is 2.15. The van der Waals surface area contributed by atoms with Crippen LogP contribution < -0.4 is 0 Å². The van der Waals surface area contributed by atoms with Crippen LogP contribution in [0.3, 0.4) is 0 Å². The quantitative estimate of drug-likeness (QED) is 0.515. The first-order valence-corrected chi connectivity index (χ1v) is 3.84. The van der Waals surface area contributed by atoms with Crippen LogP contribution in [0.1, 0.15) is 0 Å². The Morgan fingerprint density at radius 1 is 1.64 bits per heavy atom. The lowest BCUT2D eigenvalue weighted by Crippen LogP contribution is -2.38. The molecule has 4 heteroatoms. The van der Waals surface area contributed by atoms with E-state index in [9.17, 15) is 9.50 Å². The second-order valence-electron chi connectivity index (χ2n) is 3.31.